The van der Waals surface area contributed by atoms with Gasteiger partial charge in [-0.2, -0.15) is 0 Å². The molecule has 0 fully saturated rings. The van der Waals surface area contributed by atoms with Gasteiger partial charge in [0, 0.05) is 12.0 Å². The smallest absolute Gasteiger partial charge is 0.239 e. The third-order valence-electron chi connectivity index (χ3n) is 1.71. The molecule has 0 radical (unpaired) electrons. The molecule has 0 rings (SSSR count). The maximum absolute atomic E-state index is 11.0. The highest BCUT2D eigenvalue weighted by molar-refractivity contribution is 5.81. The van der Waals surface area contributed by atoms with Gasteiger partial charge in [-0.3, -0.25) is 10.2 Å². The van der Waals surface area contributed by atoms with Crippen LogP contribution in [0.1, 0.15) is 26.7 Å². The van der Waals surface area contributed by atoms with Crippen LogP contribution in [0.4, 0.5) is 0 Å². The number of carbonyl (C=O) groups is 1. The summed E-state index contributed by atoms with van der Waals surface area (Å²) < 4.78 is 0. The molecule has 0 bridgehead atoms. The number of hydrogen-bond acceptors (Lipinski definition) is 3. The minimum absolute atomic E-state index is 0.112. The van der Waals surface area contributed by atoms with Gasteiger partial charge in [-0.1, -0.05) is 13.8 Å². The van der Waals surface area contributed by atoms with Gasteiger partial charge in [-0.15, -0.1) is 0 Å². The fourth-order valence-electron chi connectivity index (χ4n) is 0.830. The molecule has 4 N–H and O–H groups in total. The van der Waals surface area contributed by atoms with Gasteiger partial charge in [0.15, 0.2) is 0 Å². The van der Waals surface area contributed by atoms with E-state index in [1.54, 1.807) is 13.8 Å². The molecule has 0 aliphatic heterocycles. The quantitative estimate of drug-likeness (QED) is 0.302. The first kappa shape index (κ1) is 10.4. The predicted molar refractivity (Wildman–Crippen MR) is 42.4 cm³/mol. The van der Waals surface area contributed by atoms with Crippen molar-refractivity contribution in [1.29, 1.82) is 0 Å². The highest BCUT2D eigenvalue weighted by Crippen LogP contribution is 2.21. The maximum Gasteiger partial charge on any atom is 0.239 e. The van der Waals surface area contributed by atoms with Crippen molar-refractivity contribution >= 4 is 5.91 Å². The highest BCUT2D eigenvalue weighted by Gasteiger charge is 2.25. The Morgan fingerprint density at radius 2 is 2.18 bits per heavy atom. The molecule has 0 aromatic carbocycles. The number of hydrogen-bond donors (Lipinski definition) is 3. The average molecular weight is 160 g/mol. The topological polar surface area (TPSA) is 75.3 Å². The van der Waals surface area contributed by atoms with E-state index in [0.29, 0.717) is 12.8 Å². The number of carbonyl (C=O) groups excluding carboxylic acids is 1. The number of hydrazine groups is 1. The van der Waals surface area contributed by atoms with Crippen molar-refractivity contribution < 1.29 is 9.90 Å². The fraction of sp³-hybridized carbons (Fsp3) is 0.857. The van der Waals surface area contributed by atoms with Crippen LogP contribution in [0.5, 0.6) is 0 Å². The molecular weight excluding hydrogens is 144 g/mol. The summed E-state index contributed by atoms with van der Waals surface area (Å²) in [5, 5.41) is 8.52. The van der Waals surface area contributed by atoms with E-state index < -0.39 is 5.41 Å². The monoisotopic (exact) mass is 160 g/mol. The van der Waals surface area contributed by atoms with E-state index in [4.69, 9.17) is 10.9 Å². The second-order valence-electron chi connectivity index (χ2n) is 3.18. The summed E-state index contributed by atoms with van der Waals surface area (Å²) in [5.41, 5.74) is 1.62. The Bertz CT molecular complexity index is 134. The molecule has 0 heterocycles. The summed E-state index contributed by atoms with van der Waals surface area (Å²) in [5.74, 6) is 4.78. The second kappa shape index (κ2) is 4.31. The summed E-state index contributed by atoms with van der Waals surface area (Å²) in [7, 11) is 0. The van der Waals surface area contributed by atoms with Crippen molar-refractivity contribution in [3.8, 4) is 0 Å². The van der Waals surface area contributed by atoms with Gasteiger partial charge in [0.05, 0.1) is 0 Å². The lowest BCUT2D eigenvalue weighted by atomic mass is 9.87. The molecule has 0 saturated carbocycles. The third-order valence-corrected chi connectivity index (χ3v) is 1.71. The second-order valence-corrected chi connectivity index (χ2v) is 3.18. The molecule has 0 atom stereocenters. The van der Waals surface area contributed by atoms with Crippen LogP contribution < -0.4 is 11.3 Å². The molecule has 0 unspecified atom stereocenters. The van der Waals surface area contributed by atoms with Crippen LogP contribution in [-0.4, -0.2) is 17.6 Å². The first-order valence-corrected chi connectivity index (χ1v) is 3.66. The van der Waals surface area contributed by atoms with Gasteiger partial charge < -0.3 is 5.11 Å². The van der Waals surface area contributed by atoms with Gasteiger partial charge in [0.25, 0.3) is 0 Å². The van der Waals surface area contributed by atoms with E-state index in [1.165, 1.54) is 0 Å². The average Bonchev–Trinajstić information content (AvgIpc) is 1.99. The zero-order chi connectivity index (χ0) is 8.91. The van der Waals surface area contributed by atoms with E-state index in [1.807, 2.05) is 0 Å². The minimum Gasteiger partial charge on any atom is -0.396 e. The Morgan fingerprint density at radius 1 is 1.64 bits per heavy atom. The summed E-state index contributed by atoms with van der Waals surface area (Å²) >= 11 is 0. The summed E-state index contributed by atoms with van der Waals surface area (Å²) in [6.07, 6.45) is 1.27. The van der Waals surface area contributed by atoms with Crippen LogP contribution in [-0.2, 0) is 4.79 Å². The largest absolute Gasteiger partial charge is 0.396 e. The third kappa shape index (κ3) is 3.34. The molecule has 0 spiro atoms. The molecular formula is C7H16N2O2. The zero-order valence-corrected chi connectivity index (χ0v) is 7.05. The lowest BCUT2D eigenvalue weighted by Crippen LogP contribution is -2.41. The lowest BCUT2D eigenvalue weighted by molar-refractivity contribution is -0.129. The SMILES string of the molecule is CC(C)(CCCO)C(=O)NN. The first-order valence-electron chi connectivity index (χ1n) is 3.66. The van der Waals surface area contributed by atoms with E-state index >= 15 is 0 Å². The van der Waals surface area contributed by atoms with Gasteiger partial charge in [-0.05, 0) is 12.8 Å². The van der Waals surface area contributed by atoms with Crippen molar-refractivity contribution in [2.75, 3.05) is 6.61 Å². The van der Waals surface area contributed by atoms with Gasteiger partial charge in [0.1, 0.15) is 0 Å². The van der Waals surface area contributed by atoms with Crippen LogP contribution in [0, 0.1) is 5.41 Å². The molecule has 0 aromatic heterocycles. The van der Waals surface area contributed by atoms with Crippen molar-refractivity contribution in [2.45, 2.75) is 26.7 Å². The molecule has 0 aromatic rings. The predicted octanol–water partition coefficient (Wildman–Crippen LogP) is -0.225. The molecule has 11 heavy (non-hydrogen) atoms. The number of nitrogens with two attached hydrogens (primary N) is 1. The Morgan fingerprint density at radius 3 is 2.55 bits per heavy atom. The number of aliphatic hydroxyl groups is 1. The van der Waals surface area contributed by atoms with E-state index in [0.717, 1.165) is 0 Å². The van der Waals surface area contributed by atoms with Gasteiger partial charge in [0.2, 0.25) is 5.91 Å². The van der Waals surface area contributed by atoms with Gasteiger partial charge >= 0.3 is 0 Å². The van der Waals surface area contributed by atoms with E-state index in [9.17, 15) is 4.79 Å². The van der Waals surface area contributed by atoms with Crippen LogP contribution in [0.2, 0.25) is 0 Å². The number of aliphatic hydroxyl groups excluding tert-OH is 1. The van der Waals surface area contributed by atoms with Crippen molar-refractivity contribution in [3.05, 3.63) is 0 Å². The lowest BCUT2D eigenvalue weighted by Gasteiger charge is -2.21. The van der Waals surface area contributed by atoms with Crippen molar-refractivity contribution in [3.63, 3.8) is 0 Å². The molecule has 66 valence electrons. The van der Waals surface area contributed by atoms with Crippen molar-refractivity contribution in [1.82, 2.24) is 5.43 Å². The summed E-state index contributed by atoms with van der Waals surface area (Å²) in [6, 6.07) is 0. The summed E-state index contributed by atoms with van der Waals surface area (Å²) in [6.45, 7) is 3.71. The van der Waals surface area contributed by atoms with Crippen LogP contribution in [0.25, 0.3) is 0 Å². The Balaban J connectivity index is 3.88. The fourth-order valence-corrected chi connectivity index (χ4v) is 0.830. The Kier molecular flexibility index (Phi) is 4.07. The Hall–Kier alpha value is -0.610. The van der Waals surface area contributed by atoms with Crippen LogP contribution in [0.15, 0.2) is 0 Å². The van der Waals surface area contributed by atoms with Crippen molar-refractivity contribution in [2.24, 2.45) is 11.3 Å². The normalized spacial score (nSPS) is 11.3. The maximum atomic E-state index is 11.0. The van der Waals surface area contributed by atoms with Crippen LogP contribution >= 0.6 is 0 Å². The van der Waals surface area contributed by atoms with Gasteiger partial charge in [-0.25, -0.2) is 5.84 Å². The summed E-state index contributed by atoms with van der Waals surface area (Å²) in [4.78, 5) is 11.0. The molecule has 0 aliphatic rings. The van der Waals surface area contributed by atoms with Crippen LogP contribution in [0.3, 0.4) is 0 Å². The van der Waals surface area contributed by atoms with E-state index in [2.05, 4.69) is 5.43 Å². The zero-order valence-electron chi connectivity index (χ0n) is 7.05. The Labute approximate surface area is 66.7 Å². The number of nitrogens with one attached hydrogen (secondary N) is 1. The molecule has 4 heteroatoms. The number of rotatable bonds is 4. The molecule has 4 nitrogen and oxygen atoms in total. The molecule has 0 aliphatic carbocycles. The van der Waals surface area contributed by atoms with E-state index in [-0.39, 0.29) is 12.5 Å². The minimum atomic E-state index is -0.475. The molecule has 1 amide bonds. The highest BCUT2D eigenvalue weighted by atomic mass is 16.3. The first-order chi connectivity index (χ1) is 5.04. The molecule has 0 saturated heterocycles. The standard InChI is InChI=1S/C7H16N2O2/c1-7(2,4-3-5-10)6(11)9-8/h10H,3-5,8H2,1-2H3,(H,9,11). The number of amides is 1.